The molecule has 0 aliphatic rings. The van der Waals surface area contributed by atoms with Crippen LogP contribution < -0.4 is 14.8 Å². The minimum Gasteiger partial charge on any atom is -0.497 e. The van der Waals surface area contributed by atoms with Crippen LogP contribution in [0.4, 0.5) is 0 Å². The number of nitrogens with one attached hydrogen (secondary N) is 1. The summed E-state index contributed by atoms with van der Waals surface area (Å²) >= 11 is 0. The van der Waals surface area contributed by atoms with Crippen LogP contribution in [0.5, 0.6) is 11.5 Å². The zero-order chi connectivity index (χ0) is 14.3. The molecule has 1 aromatic rings. The number of rotatable bonds is 8. The zero-order valence-electron chi connectivity index (χ0n) is 12.7. The first kappa shape index (κ1) is 15.8. The first-order valence-corrected chi connectivity index (χ1v) is 6.74. The SMILES string of the molecule is CCCN(C)CC(NC)c1cc(OC)ccc1OC. The minimum absolute atomic E-state index is 0.224. The summed E-state index contributed by atoms with van der Waals surface area (Å²) in [5, 5.41) is 3.36. The van der Waals surface area contributed by atoms with Gasteiger partial charge in [0.2, 0.25) is 0 Å². The van der Waals surface area contributed by atoms with Crippen molar-refractivity contribution in [3.63, 3.8) is 0 Å². The summed E-state index contributed by atoms with van der Waals surface area (Å²) in [5.74, 6) is 1.75. The van der Waals surface area contributed by atoms with Crippen molar-refractivity contribution in [3.8, 4) is 11.5 Å². The van der Waals surface area contributed by atoms with E-state index in [1.165, 1.54) is 0 Å². The average molecular weight is 266 g/mol. The normalized spacial score (nSPS) is 12.5. The maximum Gasteiger partial charge on any atom is 0.123 e. The van der Waals surface area contributed by atoms with E-state index >= 15 is 0 Å². The lowest BCUT2D eigenvalue weighted by molar-refractivity contribution is 0.292. The predicted molar refractivity (Wildman–Crippen MR) is 79.1 cm³/mol. The van der Waals surface area contributed by atoms with Crippen LogP contribution >= 0.6 is 0 Å². The fourth-order valence-corrected chi connectivity index (χ4v) is 2.24. The van der Waals surface area contributed by atoms with Gasteiger partial charge in [-0.05, 0) is 45.3 Å². The van der Waals surface area contributed by atoms with Crippen molar-refractivity contribution < 1.29 is 9.47 Å². The molecule has 0 fully saturated rings. The Morgan fingerprint density at radius 3 is 2.53 bits per heavy atom. The molecule has 1 aromatic carbocycles. The van der Waals surface area contributed by atoms with Crippen molar-refractivity contribution in [2.75, 3.05) is 41.4 Å². The molecule has 0 aliphatic heterocycles. The van der Waals surface area contributed by atoms with Gasteiger partial charge in [0.25, 0.3) is 0 Å². The second-order valence-corrected chi connectivity index (χ2v) is 4.71. The highest BCUT2D eigenvalue weighted by Gasteiger charge is 2.17. The molecule has 1 atom stereocenters. The van der Waals surface area contributed by atoms with Gasteiger partial charge < -0.3 is 19.7 Å². The van der Waals surface area contributed by atoms with E-state index in [1.807, 2.05) is 25.2 Å². The molecule has 1 rings (SSSR count). The Hall–Kier alpha value is -1.26. The van der Waals surface area contributed by atoms with Crippen LogP contribution in [0.25, 0.3) is 0 Å². The standard InChI is InChI=1S/C15H26N2O2/c1-6-9-17(3)11-14(16-2)13-10-12(18-4)7-8-15(13)19-5/h7-8,10,14,16H,6,9,11H2,1-5H3. The molecular weight excluding hydrogens is 240 g/mol. The molecule has 19 heavy (non-hydrogen) atoms. The van der Waals surface area contributed by atoms with E-state index in [2.05, 4.69) is 24.2 Å². The molecule has 0 saturated heterocycles. The van der Waals surface area contributed by atoms with Gasteiger partial charge in [-0.15, -0.1) is 0 Å². The van der Waals surface area contributed by atoms with Crippen LogP contribution in [-0.4, -0.2) is 46.3 Å². The molecule has 1 unspecified atom stereocenters. The van der Waals surface area contributed by atoms with Crippen LogP contribution in [0.1, 0.15) is 24.9 Å². The van der Waals surface area contributed by atoms with Crippen LogP contribution in [-0.2, 0) is 0 Å². The van der Waals surface area contributed by atoms with Gasteiger partial charge in [0.05, 0.1) is 14.2 Å². The summed E-state index contributed by atoms with van der Waals surface area (Å²) in [6.07, 6.45) is 1.15. The molecule has 4 nitrogen and oxygen atoms in total. The van der Waals surface area contributed by atoms with Crippen molar-refractivity contribution in [3.05, 3.63) is 23.8 Å². The first-order chi connectivity index (χ1) is 9.15. The van der Waals surface area contributed by atoms with Gasteiger partial charge in [-0.2, -0.15) is 0 Å². The molecule has 0 amide bonds. The van der Waals surface area contributed by atoms with Crippen LogP contribution in [0, 0.1) is 0 Å². The Bertz CT molecular complexity index is 382. The number of nitrogens with zero attached hydrogens (tertiary/aromatic N) is 1. The third-order valence-electron chi connectivity index (χ3n) is 3.26. The molecule has 0 bridgehead atoms. The van der Waals surface area contributed by atoms with Crippen LogP contribution in [0.2, 0.25) is 0 Å². The topological polar surface area (TPSA) is 33.7 Å². The first-order valence-electron chi connectivity index (χ1n) is 6.74. The van der Waals surface area contributed by atoms with Crippen molar-refractivity contribution in [2.45, 2.75) is 19.4 Å². The monoisotopic (exact) mass is 266 g/mol. The number of methoxy groups -OCH3 is 2. The molecular formula is C15H26N2O2. The molecule has 0 saturated carbocycles. The summed E-state index contributed by atoms with van der Waals surface area (Å²) in [4.78, 5) is 2.32. The van der Waals surface area contributed by atoms with E-state index in [9.17, 15) is 0 Å². The molecule has 0 heterocycles. The molecule has 0 radical (unpaired) electrons. The number of ether oxygens (including phenoxy) is 2. The van der Waals surface area contributed by atoms with E-state index in [0.717, 1.165) is 36.6 Å². The van der Waals surface area contributed by atoms with Gasteiger partial charge in [0, 0.05) is 18.2 Å². The van der Waals surface area contributed by atoms with Crippen molar-refractivity contribution in [1.29, 1.82) is 0 Å². The van der Waals surface area contributed by atoms with Crippen molar-refractivity contribution in [2.24, 2.45) is 0 Å². The van der Waals surface area contributed by atoms with Gasteiger partial charge in [-0.3, -0.25) is 0 Å². The Balaban J connectivity index is 2.95. The maximum absolute atomic E-state index is 5.46. The molecule has 0 spiro atoms. The second-order valence-electron chi connectivity index (χ2n) is 4.71. The number of hydrogen-bond acceptors (Lipinski definition) is 4. The summed E-state index contributed by atoms with van der Waals surface area (Å²) in [6, 6.07) is 6.14. The van der Waals surface area contributed by atoms with Crippen LogP contribution in [0.3, 0.4) is 0 Å². The third kappa shape index (κ3) is 4.40. The molecule has 1 N–H and O–H groups in total. The summed E-state index contributed by atoms with van der Waals surface area (Å²) in [5.41, 5.74) is 1.13. The molecule has 108 valence electrons. The second kappa shape index (κ2) is 8.02. The minimum atomic E-state index is 0.224. The highest BCUT2D eigenvalue weighted by molar-refractivity contribution is 5.42. The summed E-state index contributed by atoms with van der Waals surface area (Å²) < 4.78 is 10.8. The van der Waals surface area contributed by atoms with E-state index in [4.69, 9.17) is 9.47 Å². The Labute approximate surface area is 116 Å². The van der Waals surface area contributed by atoms with Crippen molar-refractivity contribution >= 4 is 0 Å². The van der Waals surface area contributed by atoms with Gasteiger partial charge in [0.15, 0.2) is 0 Å². The average Bonchev–Trinajstić information content (AvgIpc) is 2.44. The highest BCUT2D eigenvalue weighted by Crippen LogP contribution is 2.29. The lowest BCUT2D eigenvalue weighted by Gasteiger charge is -2.25. The predicted octanol–water partition coefficient (Wildman–Crippen LogP) is 2.31. The summed E-state index contributed by atoms with van der Waals surface area (Å²) in [6.45, 7) is 4.22. The lowest BCUT2D eigenvalue weighted by atomic mass is 10.0. The van der Waals surface area contributed by atoms with E-state index < -0.39 is 0 Å². The van der Waals surface area contributed by atoms with E-state index in [1.54, 1.807) is 14.2 Å². The molecule has 0 aliphatic carbocycles. The Morgan fingerprint density at radius 2 is 2.00 bits per heavy atom. The zero-order valence-corrected chi connectivity index (χ0v) is 12.7. The third-order valence-corrected chi connectivity index (χ3v) is 3.26. The van der Waals surface area contributed by atoms with E-state index in [0.29, 0.717) is 0 Å². The van der Waals surface area contributed by atoms with Gasteiger partial charge in [-0.25, -0.2) is 0 Å². The van der Waals surface area contributed by atoms with Gasteiger partial charge >= 0.3 is 0 Å². The van der Waals surface area contributed by atoms with Crippen molar-refractivity contribution in [1.82, 2.24) is 10.2 Å². The fraction of sp³-hybridized carbons (Fsp3) is 0.600. The quantitative estimate of drug-likeness (QED) is 0.783. The lowest BCUT2D eigenvalue weighted by Crippen LogP contribution is -2.32. The van der Waals surface area contributed by atoms with Gasteiger partial charge in [-0.1, -0.05) is 6.92 Å². The smallest absolute Gasteiger partial charge is 0.123 e. The number of hydrogen-bond donors (Lipinski definition) is 1. The largest absolute Gasteiger partial charge is 0.497 e. The highest BCUT2D eigenvalue weighted by atomic mass is 16.5. The number of benzene rings is 1. The molecule has 0 aromatic heterocycles. The summed E-state index contributed by atoms with van der Waals surface area (Å²) in [7, 11) is 7.50. The van der Waals surface area contributed by atoms with Gasteiger partial charge in [0.1, 0.15) is 11.5 Å². The van der Waals surface area contributed by atoms with Crippen LogP contribution in [0.15, 0.2) is 18.2 Å². The Morgan fingerprint density at radius 1 is 1.26 bits per heavy atom. The Kier molecular flexibility index (Phi) is 6.67. The molecule has 4 heteroatoms. The fourth-order valence-electron chi connectivity index (χ4n) is 2.24. The maximum atomic E-state index is 5.46. The number of likely N-dealkylation sites (N-methyl/N-ethyl adjacent to an activating group) is 2. The van der Waals surface area contributed by atoms with E-state index in [-0.39, 0.29) is 6.04 Å².